The van der Waals surface area contributed by atoms with Gasteiger partial charge in [-0.05, 0) is 31.9 Å². The van der Waals surface area contributed by atoms with E-state index in [1.54, 1.807) is 12.1 Å². The summed E-state index contributed by atoms with van der Waals surface area (Å²) in [4.78, 5) is 15.3. The van der Waals surface area contributed by atoms with Gasteiger partial charge in [0.2, 0.25) is 11.7 Å². The molecule has 0 spiro atoms. The van der Waals surface area contributed by atoms with Gasteiger partial charge in [0, 0.05) is 5.92 Å². The predicted molar refractivity (Wildman–Crippen MR) is 65.6 cm³/mol. The van der Waals surface area contributed by atoms with Crippen LogP contribution in [0.15, 0.2) is 22.6 Å². The number of carbonyl (C=O) groups is 1. The van der Waals surface area contributed by atoms with Gasteiger partial charge >= 0.3 is 5.97 Å². The number of carboxylic acids is 1. The number of aryl methyl sites for hydroxylation is 1. The molecule has 1 aliphatic rings. The van der Waals surface area contributed by atoms with Crippen molar-refractivity contribution in [3.63, 3.8) is 0 Å². The van der Waals surface area contributed by atoms with Gasteiger partial charge in [0.25, 0.3) is 0 Å². The lowest BCUT2D eigenvalue weighted by Crippen LogP contribution is -1.98. The van der Waals surface area contributed by atoms with Crippen LogP contribution in [-0.4, -0.2) is 16.1 Å². The average molecular weight is 261 g/mol. The van der Waals surface area contributed by atoms with Crippen LogP contribution in [0, 0.1) is 12.7 Å². The van der Waals surface area contributed by atoms with E-state index < -0.39 is 11.8 Å². The van der Waals surface area contributed by atoms with E-state index in [0.717, 1.165) is 18.4 Å². The van der Waals surface area contributed by atoms with Gasteiger partial charge in [0.15, 0.2) is 0 Å². The number of aromatic nitrogens is 1. The number of nitrogens with zero attached hydrogens (tertiary/aromatic N) is 1. The molecule has 0 radical (unpaired) electrons. The van der Waals surface area contributed by atoms with Gasteiger partial charge in [-0.25, -0.2) is 14.2 Å². The van der Waals surface area contributed by atoms with Crippen molar-refractivity contribution < 1.29 is 18.7 Å². The molecule has 0 atom stereocenters. The topological polar surface area (TPSA) is 63.3 Å². The number of carboxylic acid groups (broad SMARTS) is 1. The third-order valence-corrected chi connectivity index (χ3v) is 3.16. The van der Waals surface area contributed by atoms with Crippen molar-refractivity contribution in [3.05, 3.63) is 41.0 Å². The Hall–Kier alpha value is -2.17. The molecule has 1 heterocycles. The van der Waals surface area contributed by atoms with Gasteiger partial charge in [0.05, 0.1) is 11.3 Å². The largest absolute Gasteiger partial charge is 0.475 e. The van der Waals surface area contributed by atoms with Crippen LogP contribution in [0.1, 0.15) is 40.6 Å². The zero-order valence-corrected chi connectivity index (χ0v) is 10.3. The number of hydrogen-bond donors (Lipinski definition) is 1. The minimum absolute atomic E-state index is 0.0421. The second-order valence-electron chi connectivity index (χ2n) is 4.80. The molecule has 2 aromatic rings. The summed E-state index contributed by atoms with van der Waals surface area (Å²) in [7, 11) is 0. The van der Waals surface area contributed by atoms with Crippen molar-refractivity contribution in [2.24, 2.45) is 0 Å². The van der Waals surface area contributed by atoms with E-state index in [9.17, 15) is 9.18 Å². The lowest BCUT2D eigenvalue weighted by molar-refractivity contribution is 0.0661. The first kappa shape index (κ1) is 11.9. The number of oxazole rings is 1. The Labute approximate surface area is 108 Å². The van der Waals surface area contributed by atoms with Crippen LogP contribution in [0.5, 0.6) is 0 Å². The predicted octanol–water partition coefficient (Wildman–Crippen LogP) is 3.36. The molecule has 1 fully saturated rings. The van der Waals surface area contributed by atoms with Gasteiger partial charge < -0.3 is 9.52 Å². The van der Waals surface area contributed by atoms with E-state index >= 15 is 0 Å². The molecule has 0 saturated heterocycles. The molecule has 98 valence electrons. The van der Waals surface area contributed by atoms with E-state index in [4.69, 9.17) is 9.52 Å². The van der Waals surface area contributed by atoms with Gasteiger partial charge in [-0.3, -0.25) is 0 Å². The third-order valence-electron chi connectivity index (χ3n) is 3.16. The van der Waals surface area contributed by atoms with Crippen LogP contribution in [0.3, 0.4) is 0 Å². The maximum atomic E-state index is 13.8. The summed E-state index contributed by atoms with van der Waals surface area (Å²) in [5.74, 6) is -1.62. The van der Waals surface area contributed by atoms with Crippen LogP contribution in [-0.2, 0) is 0 Å². The molecule has 19 heavy (non-hydrogen) atoms. The van der Waals surface area contributed by atoms with Crippen LogP contribution in [0.4, 0.5) is 4.39 Å². The molecule has 1 aromatic heterocycles. The third kappa shape index (κ3) is 2.12. The molecule has 4 nitrogen and oxygen atoms in total. The highest BCUT2D eigenvalue weighted by Gasteiger charge is 2.34. The Kier molecular flexibility index (Phi) is 2.62. The highest BCUT2D eigenvalue weighted by Crippen LogP contribution is 2.42. The second-order valence-corrected chi connectivity index (χ2v) is 4.80. The summed E-state index contributed by atoms with van der Waals surface area (Å²) in [6.07, 6.45) is 1.81. The van der Waals surface area contributed by atoms with E-state index in [1.165, 1.54) is 6.07 Å². The van der Waals surface area contributed by atoms with Crippen LogP contribution < -0.4 is 0 Å². The molecule has 0 aliphatic heterocycles. The van der Waals surface area contributed by atoms with E-state index in [2.05, 4.69) is 4.98 Å². The molecule has 1 N–H and O–H groups in total. The van der Waals surface area contributed by atoms with E-state index in [-0.39, 0.29) is 23.1 Å². The Morgan fingerprint density at radius 2 is 2.21 bits per heavy atom. The van der Waals surface area contributed by atoms with Crippen molar-refractivity contribution in [2.45, 2.75) is 25.7 Å². The first-order chi connectivity index (χ1) is 9.06. The first-order valence-electron chi connectivity index (χ1n) is 6.07. The normalized spacial score (nSPS) is 14.6. The molecule has 5 heteroatoms. The maximum Gasteiger partial charge on any atom is 0.373 e. The lowest BCUT2D eigenvalue weighted by Gasteiger charge is -1.99. The smallest absolute Gasteiger partial charge is 0.373 e. The average Bonchev–Trinajstić information content (AvgIpc) is 3.11. The van der Waals surface area contributed by atoms with Crippen LogP contribution >= 0.6 is 0 Å². The van der Waals surface area contributed by atoms with Crippen molar-refractivity contribution >= 4 is 5.97 Å². The summed E-state index contributed by atoms with van der Waals surface area (Å²) >= 11 is 0. The summed E-state index contributed by atoms with van der Waals surface area (Å²) in [5.41, 5.74) is 1.50. The zero-order chi connectivity index (χ0) is 13.6. The van der Waals surface area contributed by atoms with Crippen LogP contribution in [0.25, 0.3) is 11.5 Å². The zero-order valence-electron chi connectivity index (χ0n) is 10.3. The fourth-order valence-electron chi connectivity index (χ4n) is 2.04. The SMILES string of the molecule is Cc1ccc(F)c(-c2nc(C3CC3)c(C(=O)O)o2)c1. The van der Waals surface area contributed by atoms with Gasteiger partial charge in [0.1, 0.15) is 5.82 Å². The number of rotatable bonds is 3. The van der Waals surface area contributed by atoms with Crippen molar-refractivity contribution in [2.75, 3.05) is 0 Å². The molecule has 0 bridgehead atoms. The second kappa shape index (κ2) is 4.19. The molecular weight excluding hydrogens is 249 g/mol. The fraction of sp³-hybridized carbons (Fsp3) is 0.286. The first-order valence-corrected chi connectivity index (χ1v) is 6.07. The standard InChI is InChI=1S/C14H12FNO3/c1-7-2-5-10(15)9(6-7)13-16-11(8-3-4-8)12(19-13)14(17)18/h2,5-6,8H,3-4H2,1H3,(H,17,18). The molecular formula is C14H12FNO3. The molecule has 1 aliphatic carbocycles. The molecule has 3 rings (SSSR count). The molecule has 1 aromatic carbocycles. The number of halogens is 1. The fourth-order valence-corrected chi connectivity index (χ4v) is 2.04. The molecule has 0 amide bonds. The molecule has 0 unspecified atom stereocenters. The van der Waals surface area contributed by atoms with Gasteiger partial charge in [-0.15, -0.1) is 0 Å². The Bertz CT molecular complexity index is 659. The maximum absolute atomic E-state index is 13.8. The van der Waals surface area contributed by atoms with Crippen LogP contribution in [0.2, 0.25) is 0 Å². The van der Waals surface area contributed by atoms with Crippen molar-refractivity contribution in [1.82, 2.24) is 4.98 Å². The summed E-state index contributed by atoms with van der Waals surface area (Å²) in [6, 6.07) is 4.57. The minimum Gasteiger partial charge on any atom is -0.475 e. The highest BCUT2D eigenvalue weighted by molar-refractivity contribution is 5.86. The summed E-state index contributed by atoms with van der Waals surface area (Å²) in [5, 5.41) is 9.10. The summed E-state index contributed by atoms with van der Waals surface area (Å²) < 4.78 is 19.0. The molecule has 1 saturated carbocycles. The van der Waals surface area contributed by atoms with Gasteiger partial charge in [-0.1, -0.05) is 11.6 Å². The van der Waals surface area contributed by atoms with Gasteiger partial charge in [-0.2, -0.15) is 0 Å². The monoisotopic (exact) mass is 261 g/mol. The van der Waals surface area contributed by atoms with Crippen molar-refractivity contribution in [3.8, 4) is 11.5 Å². The highest BCUT2D eigenvalue weighted by atomic mass is 19.1. The lowest BCUT2D eigenvalue weighted by atomic mass is 10.1. The Morgan fingerprint density at radius 3 is 2.84 bits per heavy atom. The Morgan fingerprint density at radius 1 is 1.47 bits per heavy atom. The van der Waals surface area contributed by atoms with E-state index in [1.807, 2.05) is 6.92 Å². The summed E-state index contributed by atoms with van der Waals surface area (Å²) in [6.45, 7) is 1.83. The number of aromatic carboxylic acids is 1. The minimum atomic E-state index is -1.16. The van der Waals surface area contributed by atoms with E-state index in [0.29, 0.717) is 5.69 Å². The van der Waals surface area contributed by atoms with Crippen molar-refractivity contribution in [1.29, 1.82) is 0 Å². The number of benzene rings is 1. The quantitative estimate of drug-likeness (QED) is 0.920. The Balaban J connectivity index is 2.12. The number of hydrogen-bond acceptors (Lipinski definition) is 3.